The first-order valence-electron chi connectivity index (χ1n) is 8.77. The molecular formula is C21H24N2O4. The summed E-state index contributed by atoms with van der Waals surface area (Å²) >= 11 is 0. The SMILES string of the molecule is COc1ccccc1CCNCc1cc2c(OC)ccc(OC)c2[nH]c1=O. The number of benzene rings is 2. The van der Waals surface area contributed by atoms with Gasteiger partial charge in [-0.15, -0.1) is 0 Å². The highest BCUT2D eigenvalue weighted by Crippen LogP contribution is 2.31. The zero-order chi connectivity index (χ0) is 19.2. The lowest BCUT2D eigenvalue weighted by Gasteiger charge is -2.12. The van der Waals surface area contributed by atoms with Crippen LogP contribution in [0, 0.1) is 0 Å². The molecule has 0 spiro atoms. The number of H-pyrrole nitrogens is 1. The van der Waals surface area contributed by atoms with Crippen molar-refractivity contribution in [3.8, 4) is 17.2 Å². The maximum Gasteiger partial charge on any atom is 0.253 e. The number of methoxy groups -OCH3 is 3. The van der Waals surface area contributed by atoms with Crippen LogP contribution in [0.5, 0.6) is 17.2 Å². The number of hydrogen-bond donors (Lipinski definition) is 2. The Hall–Kier alpha value is -2.99. The molecule has 6 nitrogen and oxygen atoms in total. The van der Waals surface area contributed by atoms with Crippen LogP contribution in [0.1, 0.15) is 11.1 Å². The first kappa shape index (κ1) is 18.8. The van der Waals surface area contributed by atoms with Crippen molar-refractivity contribution >= 4 is 10.9 Å². The first-order chi connectivity index (χ1) is 13.2. The van der Waals surface area contributed by atoms with E-state index in [-0.39, 0.29) is 5.56 Å². The average Bonchev–Trinajstić information content (AvgIpc) is 2.70. The van der Waals surface area contributed by atoms with E-state index < -0.39 is 0 Å². The van der Waals surface area contributed by atoms with Crippen molar-refractivity contribution < 1.29 is 14.2 Å². The van der Waals surface area contributed by atoms with Gasteiger partial charge >= 0.3 is 0 Å². The van der Waals surface area contributed by atoms with Gasteiger partial charge in [0.05, 0.1) is 26.8 Å². The molecule has 0 aliphatic carbocycles. The Morgan fingerprint density at radius 3 is 2.33 bits per heavy atom. The van der Waals surface area contributed by atoms with Crippen molar-refractivity contribution in [1.29, 1.82) is 0 Å². The Morgan fingerprint density at radius 2 is 1.59 bits per heavy atom. The minimum absolute atomic E-state index is 0.140. The molecule has 0 amide bonds. The highest BCUT2D eigenvalue weighted by atomic mass is 16.5. The van der Waals surface area contributed by atoms with Crippen LogP contribution in [0.2, 0.25) is 0 Å². The van der Waals surface area contributed by atoms with E-state index in [4.69, 9.17) is 14.2 Å². The summed E-state index contributed by atoms with van der Waals surface area (Å²) in [7, 11) is 4.85. The summed E-state index contributed by atoms with van der Waals surface area (Å²) < 4.78 is 16.1. The predicted molar refractivity (Wildman–Crippen MR) is 106 cm³/mol. The molecule has 0 aliphatic heterocycles. The number of rotatable bonds is 8. The fourth-order valence-electron chi connectivity index (χ4n) is 3.12. The summed E-state index contributed by atoms with van der Waals surface area (Å²) in [6.07, 6.45) is 0.812. The van der Waals surface area contributed by atoms with E-state index in [9.17, 15) is 4.79 Å². The summed E-state index contributed by atoms with van der Waals surface area (Å²) in [6.45, 7) is 1.19. The van der Waals surface area contributed by atoms with Gasteiger partial charge < -0.3 is 24.5 Å². The van der Waals surface area contributed by atoms with Crippen LogP contribution in [0.25, 0.3) is 10.9 Å². The molecule has 1 aromatic heterocycles. The molecule has 0 unspecified atom stereocenters. The minimum atomic E-state index is -0.140. The zero-order valence-electron chi connectivity index (χ0n) is 15.8. The number of nitrogens with one attached hydrogen (secondary N) is 2. The summed E-state index contributed by atoms with van der Waals surface area (Å²) in [4.78, 5) is 15.4. The molecule has 0 radical (unpaired) electrons. The van der Waals surface area contributed by atoms with E-state index in [1.165, 1.54) is 0 Å². The monoisotopic (exact) mass is 368 g/mol. The molecule has 0 bridgehead atoms. The lowest BCUT2D eigenvalue weighted by Crippen LogP contribution is -2.23. The van der Waals surface area contributed by atoms with E-state index in [1.54, 1.807) is 27.4 Å². The van der Waals surface area contributed by atoms with E-state index in [2.05, 4.69) is 10.3 Å². The maximum atomic E-state index is 12.5. The van der Waals surface area contributed by atoms with Crippen molar-refractivity contribution in [2.24, 2.45) is 0 Å². The minimum Gasteiger partial charge on any atom is -0.496 e. The summed E-state index contributed by atoms with van der Waals surface area (Å²) in [5.41, 5.74) is 2.28. The van der Waals surface area contributed by atoms with Gasteiger partial charge in [-0.05, 0) is 42.8 Å². The number of para-hydroxylation sites is 1. The molecule has 2 aromatic carbocycles. The Morgan fingerprint density at radius 1 is 0.889 bits per heavy atom. The van der Waals surface area contributed by atoms with Gasteiger partial charge in [-0.25, -0.2) is 0 Å². The molecule has 6 heteroatoms. The molecule has 0 saturated carbocycles. The number of ether oxygens (including phenoxy) is 3. The van der Waals surface area contributed by atoms with Crippen LogP contribution in [-0.4, -0.2) is 32.9 Å². The van der Waals surface area contributed by atoms with Gasteiger partial charge in [0.15, 0.2) is 0 Å². The Kier molecular flexibility index (Phi) is 5.98. The predicted octanol–water partition coefficient (Wildman–Crippen LogP) is 2.89. The summed E-state index contributed by atoms with van der Waals surface area (Å²) in [6, 6.07) is 13.4. The molecule has 0 saturated heterocycles. The number of pyridine rings is 1. The summed E-state index contributed by atoms with van der Waals surface area (Å²) in [5, 5.41) is 4.14. The van der Waals surface area contributed by atoms with Crippen molar-refractivity contribution in [3.05, 3.63) is 63.9 Å². The molecule has 0 aliphatic rings. The van der Waals surface area contributed by atoms with Crippen molar-refractivity contribution in [1.82, 2.24) is 10.3 Å². The van der Waals surface area contributed by atoms with E-state index in [0.717, 1.165) is 29.7 Å². The van der Waals surface area contributed by atoms with Gasteiger partial charge in [0.25, 0.3) is 5.56 Å². The first-order valence-corrected chi connectivity index (χ1v) is 8.77. The largest absolute Gasteiger partial charge is 0.496 e. The van der Waals surface area contributed by atoms with Crippen molar-refractivity contribution in [2.75, 3.05) is 27.9 Å². The Balaban J connectivity index is 1.75. The van der Waals surface area contributed by atoms with Crippen LogP contribution in [0.4, 0.5) is 0 Å². The molecule has 142 valence electrons. The third-order valence-electron chi connectivity index (χ3n) is 4.53. The molecule has 0 fully saturated rings. The maximum absolute atomic E-state index is 12.5. The molecule has 0 atom stereocenters. The number of fused-ring (bicyclic) bond motifs is 1. The number of aromatic nitrogens is 1. The van der Waals surface area contributed by atoms with Gasteiger partial charge in [-0.2, -0.15) is 0 Å². The van der Waals surface area contributed by atoms with Gasteiger partial charge in [0.1, 0.15) is 17.2 Å². The quantitative estimate of drug-likeness (QED) is 0.598. The van der Waals surface area contributed by atoms with Gasteiger partial charge in [0.2, 0.25) is 0 Å². The number of hydrogen-bond acceptors (Lipinski definition) is 5. The Bertz CT molecular complexity index is 982. The topological polar surface area (TPSA) is 72.6 Å². The van der Waals surface area contributed by atoms with Crippen LogP contribution in [0.15, 0.2) is 47.3 Å². The molecule has 1 heterocycles. The second-order valence-electron chi connectivity index (χ2n) is 6.12. The molecular weight excluding hydrogens is 344 g/mol. The van der Waals surface area contributed by atoms with Crippen LogP contribution in [-0.2, 0) is 13.0 Å². The Labute approximate surface area is 158 Å². The highest BCUT2D eigenvalue weighted by Gasteiger charge is 2.11. The van der Waals surface area contributed by atoms with Crippen LogP contribution >= 0.6 is 0 Å². The van der Waals surface area contributed by atoms with Crippen molar-refractivity contribution in [2.45, 2.75) is 13.0 Å². The lowest BCUT2D eigenvalue weighted by atomic mass is 10.1. The van der Waals surface area contributed by atoms with Crippen molar-refractivity contribution in [3.63, 3.8) is 0 Å². The second-order valence-corrected chi connectivity index (χ2v) is 6.12. The van der Waals surface area contributed by atoms with Crippen LogP contribution < -0.4 is 25.1 Å². The fraction of sp³-hybridized carbons (Fsp3) is 0.286. The molecule has 2 N–H and O–H groups in total. The fourth-order valence-corrected chi connectivity index (χ4v) is 3.12. The third-order valence-corrected chi connectivity index (χ3v) is 4.53. The van der Waals surface area contributed by atoms with Crippen LogP contribution in [0.3, 0.4) is 0 Å². The molecule has 3 rings (SSSR count). The zero-order valence-corrected chi connectivity index (χ0v) is 15.8. The standard InChI is InChI=1S/C21H24N2O4/c1-25-17-7-5-4-6-14(17)10-11-22-13-15-12-16-18(26-2)8-9-19(27-3)20(16)23-21(15)24/h4-9,12,22H,10-11,13H2,1-3H3,(H,23,24). The van der Waals surface area contributed by atoms with E-state index in [1.807, 2.05) is 36.4 Å². The second kappa shape index (κ2) is 8.60. The average molecular weight is 368 g/mol. The van der Waals surface area contributed by atoms with Gasteiger partial charge in [-0.3, -0.25) is 4.79 Å². The smallest absolute Gasteiger partial charge is 0.253 e. The lowest BCUT2D eigenvalue weighted by molar-refractivity contribution is 0.409. The highest BCUT2D eigenvalue weighted by molar-refractivity contribution is 5.90. The van der Waals surface area contributed by atoms with E-state index in [0.29, 0.717) is 29.1 Å². The third kappa shape index (κ3) is 4.06. The normalized spacial score (nSPS) is 10.8. The molecule has 27 heavy (non-hydrogen) atoms. The van der Waals surface area contributed by atoms with E-state index >= 15 is 0 Å². The summed E-state index contributed by atoms with van der Waals surface area (Å²) in [5.74, 6) is 2.18. The van der Waals surface area contributed by atoms with Gasteiger partial charge in [0, 0.05) is 17.5 Å². The number of aromatic amines is 1. The molecule has 3 aromatic rings. The van der Waals surface area contributed by atoms with Gasteiger partial charge in [-0.1, -0.05) is 18.2 Å².